The molecule has 1 fully saturated rings. The summed E-state index contributed by atoms with van der Waals surface area (Å²) in [5.41, 5.74) is 8.35. The lowest BCUT2D eigenvalue weighted by Crippen LogP contribution is -2.44. The van der Waals surface area contributed by atoms with Crippen molar-refractivity contribution < 1.29 is 9.47 Å². The number of nitrogens with two attached hydrogens (primary N) is 1. The van der Waals surface area contributed by atoms with E-state index in [-0.39, 0.29) is 24.0 Å². The highest BCUT2D eigenvalue weighted by Gasteiger charge is 2.11. The van der Waals surface area contributed by atoms with Gasteiger partial charge in [-0.1, -0.05) is 12.1 Å². The van der Waals surface area contributed by atoms with Crippen LogP contribution in [0, 0.1) is 6.92 Å². The van der Waals surface area contributed by atoms with Gasteiger partial charge in [-0.05, 0) is 30.5 Å². The Bertz CT molecular complexity index is 474. The fourth-order valence-corrected chi connectivity index (χ4v) is 2.21. The average molecular weight is 405 g/mol. The maximum Gasteiger partial charge on any atom is 0.191 e. The number of nitrogens with zero attached hydrogens (tertiary/aromatic N) is 2. The van der Waals surface area contributed by atoms with E-state index in [1.165, 1.54) is 5.56 Å². The predicted molar refractivity (Wildman–Crippen MR) is 95.7 cm³/mol. The Hall–Kier alpha value is -1.02. The molecule has 0 atom stereocenters. The third-order valence-corrected chi connectivity index (χ3v) is 3.48. The van der Waals surface area contributed by atoms with E-state index in [1.807, 2.05) is 6.92 Å². The molecule has 21 heavy (non-hydrogen) atoms. The number of ether oxygens (including phenoxy) is 2. The van der Waals surface area contributed by atoms with Gasteiger partial charge in [0, 0.05) is 19.6 Å². The number of hydrogen-bond donors (Lipinski definition) is 1. The zero-order valence-electron chi connectivity index (χ0n) is 12.7. The van der Waals surface area contributed by atoms with Crippen LogP contribution in [0.1, 0.15) is 11.1 Å². The first-order chi connectivity index (χ1) is 9.70. The minimum atomic E-state index is 0. The summed E-state index contributed by atoms with van der Waals surface area (Å²) in [6.07, 6.45) is 0.863. The molecule has 1 aromatic rings. The third-order valence-electron chi connectivity index (χ3n) is 3.48. The summed E-state index contributed by atoms with van der Waals surface area (Å²) in [4.78, 5) is 6.51. The summed E-state index contributed by atoms with van der Waals surface area (Å²) in [7, 11) is 1.70. The van der Waals surface area contributed by atoms with Gasteiger partial charge in [-0.15, -0.1) is 24.0 Å². The minimum absolute atomic E-state index is 0. The molecule has 0 bridgehead atoms. The topological polar surface area (TPSA) is 60.1 Å². The second-order valence-electron chi connectivity index (χ2n) is 4.89. The van der Waals surface area contributed by atoms with Crippen LogP contribution in [0.4, 0.5) is 0 Å². The van der Waals surface area contributed by atoms with Crippen LogP contribution >= 0.6 is 24.0 Å². The fraction of sp³-hybridized carbons (Fsp3) is 0.533. The van der Waals surface area contributed by atoms with Gasteiger partial charge in [0.2, 0.25) is 0 Å². The van der Waals surface area contributed by atoms with Crippen LogP contribution < -0.4 is 10.5 Å². The molecule has 1 heterocycles. The van der Waals surface area contributed by atoms with E-state index in [0.29, 0.717) is 12.5 Å². The number of aryl methyl sites for hydroxylation is 1. The third kappa shape index (κ3) is 5.35. The monoisotopic (exact) mass is 405 g/mol. The quantitative estimate of drug-likeness (QED) is 0.472. The van der Waals surface area contributed by atoms with Crippen molar-refractivity contribution in [3.8, 4) is 5.75 Å². The Morgan fingerprint density at radius 1 is 1.38 bits per heavy atom. The van der Waals surface area contributed by atoms with Gasteiger partial charge in [0.1, 0.15) is 5.75 Å². The Morgan fingerprint density at radius 2 is 2.10 bits per heavy atom. The Kier molecular flexibility index (Phi) is 7.81. The molecule has 0 aliphatic carbocycles. The van der Waals surface area contributed by atoms with Gasteiger partial charge in [0.05, 0.1) is 20.3 Å². The maximum atomic E-state index is 5.99. The van der Waals surface area contributed by atoms with Crippen molar-refractivity contribution in [1.29, 1.82) is 0 Å². The van der Waals surface area contributed by atoms with Crippen molar-refractivity contribution in [2.75, 3.05) is 40.0 Å². The zero-order valence-corrected chi connectivity index (χ0v) is 15.0. The highest BCUT2D eigenvalue weighted by atomic mass is 127. The molecule has 0 aromatic heterocycles. The van der Waals surface area contributed by atoms with Crippen molar-refractivity contribution in [2.45, 2.75) is 13.3 Å². The molecule has 1 aliphatic heterocycles. The predicted octanol–water partition coefficient (Wildman–Crippen LogP) is 1.81. The molecule has 0 spiro atoms. The number of methoxy groups -OCH3 is 1. The van der Waals surface area contributed by atoms with Gasteiger partial charge in [-0.25, -0.2) is 0 Å². The number of rotatable bonds is 4. The summed E-state index contributed by atoms with van der Waals surface area (Å²) in [6.45, 7) is 5.84. The molecule has 0 radical (unpaired) electrons. The molecule has 0 amide bonds. The number of hydrogen-bond acceptors (Lipinski definition) is 3. The second-order valence-corrected chi connectivity index (χ2v) is 4.89. The van der Waals surface area contributed by atoms with Crippen LogP contribution in [0.3, 0.4) is 0 Å². The van der Waals surface area contributed by atoms with Gasteiger partial charge >= 0.3 is 0 Å². The molecule has 118 valence electrons. The maximum absolute atomic E-state index is 5.99. The summed E-state index contributed by atoms with van der Waals surface area (Å²) >= 11 is 0. The van der Waals surface area contributed by atoms with Gasteiger partial charge in [0.25, 0.3) is 0 Å². The lowest BCUT2D eigenvalue weighted by Gasteiger charge is -2.27. The molecule has 1 saturated heterocycles. The van der Waals surface area contributed by atoms with Crippen molar-refractivity contribution >= 4 is 29.9 Å². The van der Waals surface area contributed by atoms with Crippen molar-refractivity contribution in [1.82, 2.24) is 4.90 Å². The first-order valence-corrected chi connectivity index (χ1v) is 6.97. The Morgan fingerprint density at radius 3 is 2.76 bits per heavy atom. The largest absolute Gasteiger partial charge is 0.496 e. The van der Waals surface area contributed by atoms with Crippen LogP contribution in [0.5, 0.6) is 5.75 Å². The van der Waals surface area contributed by atoms with Crippen LogP contribution in [-0.4, -0.2) is 50.8 Å². The molecule has 1 aliphatic rings. The number of guanidine groups is 1. The van der Waals surface area contributed by atoms with E-state index in [4.69, 9.17) is 15.2 Å². The van der Waals surface area contributed by atoms with Crippen LogP contribution in [-0.2, 0) is 11.2 Å². The molecule has 0 saturated carbocycles. The second kappa shape index (κ2) is 9.09. The summed E-state index contributed by atoms with van der Waals surface area (Å²) in [5, 5.41) is 0. The highest BCUT2D eigenvalue weighted by molar-refractivity contribution is 14.0. The van der Waals surface area contributed by atoms with E-state index in [0.717, 1.165) is 44.0 Å². The van der Waals surface area contributed by atoms with E-state index in [1.54, 1.807) is 7.11 Å². The Balaban J connectivity index is 0.00000220. The average Bonchev–Trinajstić information content (AvgIpc) is 2.49. The molecule has 0 unspecified atom stereocenters. The van der Waals surface area contributed by atoms with Gasteiger partial charge in [0.15, 0.2) is 5.96 Å². The van der Waals surface area contributed by atoms with Gasteiger partial charge in [-0.2, -0.15) is 0 Å². The van der Waals surface area contributed by atoms with Crippen LogP contribution in [0.15, 0.2) is 23.2 Å². The van der Waals surface area contributed by atoms with E-state index in [9.17, 15) is 0 Å². The molecule has 6 heteroatoms. The first-order valence-electron chi connectivity index (χ1n) is 6.97. The minimum Gasteiger partial charge on any atom is -0.496 e. The number of morpholine rings is 1. The Labute approximate surface area is 143 Å². The molecular weight excluding hydrogens is 381 g/mol. The van der Waals surface area contributed by atoms with E-state index >= 15 is 0 Å². The van der Waals surface area contributed by atoms with Crippen LogP contribution in [0.2, 0.25) is 0 Å². The van der Waals surface area contributed by atoms with Gasteiger partial charge in [-0.3, -0.25) is 4.99 Å². The van der Waals surface area contributed by atoms with Crippen molar-refractivity contribution in [3.63, 3.8) is 0 Å². The standard InChI is InChI=1S/C15H23N3O2.HI/c1-12-3-4-13(11-14(12)19-2)5-6-17-15(16)18-7-9-20-10-8-18;/h3-4,11H,5-10H2,1-2H3,(H2,16,17);1H. The van der Waals surface area contributed by atoms with Crippen molar-refractivity contribution in [2.24, 2.45) is 10.7 Å². The highest BCUT2D eigenvalue weighted by Crippen LogP contribution is 2.19. The summed E-state index contributed by atoms with van der Waals surface area (Å²) < 4.78 is 10.6. The van der Waals surface area contributed by atoms with Crippen LogP contribution in [0.25, 0.3) is 0 Å². The SMILES string of the molecule is COc1cc(CCN=C(N)N2CCOCC2)ccc1C.I. The zero-order chi connectivity index (χ0) is 14.4. The summed E-state index contributed by atoms with van der Waals surface area (Å²) in [6, 6.07) is 6.25. The number of aliphatic imine (C=N–C) groups is 1. The molecule has 5 nitrogen and oxygen atoms in total. The number of benzene rings is 1. The molecule has 1 aromatic carbocycles. The molecule has 2 N–H and O–H groups in total. The first kappa shape index (κ1) is 18.0. The van der Waals surface area contributed by atoms with E-state index < -0.39 is 0 Å². The molecule has 2 rings (SSSR count). The summed E-state index contributed by atoms with van der Waals surface area (Å²) in [5.74, 6) is 1.54. The molecular formula is C15H24IN3O2. The lowest BCUT2D eigenvalue weighted by molar-refractivity contribution is 0.0674. The van der Waals surface area contributed by atoms with E-state index in [2.05, 4.69) is 28.1 Å². The van der Waals surface area contributed by atoms with Crippen molar-refractivity contribution in [3.05, 3.63) is 29.3 Å². The number of halogens is 1. The van der Waals surface area contributed by atoms with Gasteiger partial charge < -0.3 is 20.1 Å². The normalized spacial score (nSPS) is 15.5. The smallest absolute Gasteiger partial charge is 0.191 e. The lowest BCUT2D eigenvalue weighted by atomic mass is 10.1. The fourth-order valence-electron chi connectivity index (χ4n) is 2.21.